The van der Waals surface area contributed by atoms with E-state index in [1.165, 1.54) is 12.4 Å². The second-order valence-corrected chi connectivity index (χ2v) is 11.0. The lowest BCUT2D eigenvalue weighted by Crippen LogP contribution is -2.34. The molecule has 0 unspecified atom stereocenters. The van der Waals surface area contributed by atoms with Gasteiger partial charge in [-0.15, -0.1) is 0 Å². The molecule has 182 valence electrons. The van der Waals surface area contributed by atoms with Gasteiger partial charge in [0.2, 0.25) is 0 Å². The maximum Gasteiger partial charge on any atom is 0.333 e. The number of sulfonamides is 1. The Morgan fingerprint density at radius 3 is 2.89 bits per heavy atom. The van der Waals surface area contributed by atoms with Gasteiger partial charge in [0.25, 0.3) is 10.0 Å². The summed E-state index contributed by atoms with van der Waals surface area (Å²) in [6.45, 7) is 0.666. The number of nitrogens with zero attached hydrogens (tertiary/aromatic N) is 5. The smallest absolute Gasteiger partial charge is 0.306 e. The number of amides is 2. The van der Waals surface area contributed by atoms with Crippen LogP contribution in [0.5, 0.6) is 0 Å². The number of urea groups is 1. The van der Waals surface area contributed by atoms with Crippen LogP contribution >= 0.6 is 0 Å². The number of aryl methyl sites for hydroxylation is 1. The van der Waals surface area contributed by atoms with E-state index in [-0.39, 0.29) is 4.90 Å². The Balaban J connectivity index is 1.34. The van der Waals surface area contributed by atoms with E-state index < -0.39 is 16.1 Å². The second-order valence-electron chi connectivity index (χ2n) is 9.32. The Labute approximate surface area is 207 Å². The summed E-state index contributed by atoms with van der Waals surface area (Å²) in [5, 5.41) is 16.8. The molecule has 0 aliphatic heterocycles. The van der Waals surface area contributed by atoms with Crippen LogP contribution in [-0.4, -0.2) is 33.6 Å². The van der Waals surface area contributed by atoms with Crippen molar-refractivity contribution >= 4 is 27.3 Å². The van der Waals surface area contributed by atoms with E-state index in [4.69, 9.17) is 0 Å². The predicted molar refractivity (Wildman–Crippen MR) is 132 cm³/mol. The molecule has 4 aromatic rings. The third kappa shape index (κ3) is 4.09. The lowest BCUT2D eigenvalue weighted by molar-refractivity contribution is 0.256. The zero-order chi connectivity index (χ0) is 24.9. The van der Waals surface area contributed by atoms with Crippen LogP contribution in [0.1, 0.15) is 36.0 Å². The van der Waals surface area contributed by atoms with Crippen molar-refractivity contribution in [1.29, 1.82) is 5.26 Å². The topological polar surface area (TPSA) is 134 Å². The van der Waals surface area contributed by atoms with Crippen molar-refractivity contribution in [3.8, 4) is 17.2 Å². The predicted octanol–water partition coefficient (Wildman–Crippen LogP) is 3.48. The fourth-order valence-corrected chi connectivity index (χ4v) is 5.67. The third-order valence-corrected chi connectivity index (χ3v) is 8.04. The van der Waals surface area contributed by atoms with Crippen LogP contribution in [0.15, 0.2) is 54.2 Å². The molecule has 0 radical (unpaired) electrons. The summed E-state index contributed by atoms with van der Waals surface area (Å²) in [6.07, 6.45) is 12.5. The van der Waals surface area contributed by atoms with Crippen molar-refractivity contribution < 1.29 is 13.2 Å². The van der Waals surface area contributed by atoms with E-state index in [9.17, 15) is 18.5 Å². The molecule has 1 aromatic carbocycles. The number of nitrogens with one attached hydrogen (secondary N) is 2. The van der Waals surface area contributed by atoms with Gasteiger partial charge in [0.05, 0.1) is 41.6 Å². The van der Waals surface area contributed by atoms with E-state index in [1.807, 2.05) is 28.8 Å². The van der Waals surface area contributed by atoms with Gasteiger partial charge in [-0.2, -0.15) is 10.4 Å². The first-order chi connectivity index (χ1) is 17.4. The summed E-state index contributed by atoms with van der Waals surface area (Å²) in [5.41, 5.74) is 4.91. The molecule has 10 nitrogen and oxygen atoms in total. The van der Waals surface area contributed by atoms with Gasteiger partial charge in [-0.3, -0.25) is 4.68 Å². The minimum absolute atomic E-state index is 0.0688. The molecular weight excluding hydrogens is 478 g/mol. The van der Waals surface area contributed by atoms with E-state index in [0.717, 1.165) is 54.3 Å². The van der Waals surface area contributed by atoms with Crippen molar-refractivity contribution in [2.24, 2.45) is 5.92 Å². The minimum atomic E-state index is -4.12. The lowest BCUT2D eigenvalue weighted by Gasteiger charge is -2.18. The molecule has 0 saturated heterocycles. The van der Waals surface area contributed by atoms with Gasteiger partial charge >= 0.3 is 6.03 Å². The number of hydrogen-bond donors (Lipinski definition) is 2. The SMILES string of the molecule is N#Cc1cc2c(c(NC(=O)NS(=O)(=O)c3cnn(CC4CC4)c3)c1-c1ccn3cncc3c1)CCC2. The number of carbonyl (C=O) groups excluding carboxylic acids is 1. The first kappa shape index (κ1) is 22.3. The highest BCUT2D eigenvalue weighted by Crippen LogP contribution is 2.40. The number of benzene rings is 1. The Morgan fingerprint density at radius 2 is 2.08 bits per heavy atom. The molecule has 0 spiro atoms. The van der Waals surface area contributed by atoms with Crippen LogP contribution < -0.4 is 10.0 Å². The van der Waals surface area contributed by atoms with Crippen LogP contribution in [0.4, 0.5) is 10.5 Å². The summed E-state index contributed by atoms with van der Waals surface area (Å²) in [4.78, 5) is 17.1. The molecular formula is C25H23N7O3S. The molecule has 36 heavy (non-hydrogen) atoms. The highest BCUT2D eigenvalue weighted by Gasteiger charge is 2.27. The molecule has 0 atom stereocenters. The van der Waals surface area contributed by atoms with E-state index in [1.54, 1.807) is 17.2 Å². The maximum absolute atomic E-state index is 13.0. The van der Waals surface area contributed by atoms with Crippen LogP contribution in [0, 0.1) is 17.2 Å². The Morgan fingerprint density at radius 1 is 1.22 bits per heavy atom. The Bertz CT molecular complexity index is 1660. The quantitative estimate of drug-likeness (QED) is 0.415. The summed E-state index contributed by atoms with van der Waals surface area (Å²) in [7, 11) is -4.12. The van der Waals surface area contributed by atoms with Crippen molar-refractivity contribution in [3.63, 3.8) is 0 Å². The number of carbonyl (C=O) groups is 1. The number of fused-ring (bicyclic) bond motifs is 2. The maximum atomic E-state index is 13.0. The molecule has 2 N–H and O–H groups in total. The van der Waals surface area contributed by atoms with E-state index in [0.29, 0.717) is 29.3 Å². The van der Waals surface area contributed by atoms with Gasteiger partial charge in [0.15, 0.2) is 0 Å². The zero-order valence-electron chi connectivity index (χ0n) is 19.3. The molecule has 2 aliphatic carbocycles. The average molecular weight is 502 g/mol. The standard InChI is InChI=1S/C25H23N7O3S/c26-10-19-8-17-2-1-3-22(17)24(23(19)18-6-7-31-15-27-11-20(31)9-18)29-25(33)30-36(34,35)21-12-28-32(14-21)13-16-4-5-16/h6-9,11-12,14-16H,1-5,13H2,(H2,29,30,33). The van der Waals surface area contributed by atoms with Crippen LogP contribution in [0.25, 0.3) is 16.6 Å². The Kier molecular flexibility index (Phi) is 5.26. The number of aromatic nitrogens is 4. The van der Waals surface area contributed by atoms with Gasteiger partial charge in [0, 0.05) is 24.5 Å². The molecule has 1 saturated carbocycles. The normalized spacial score (nSPS) is 15.0. The molecule has 2 aliphatic rings. The number of imidazole rings is 1. The third-order valence-electron chi connectivity index (χ3n) is 6.75. The summed E-state index contributed by atoms with van der Waals surface area (Å²) < 4.78 is 31.3. The number of rotatable bonds is 6. The van der Waals surface area contributed by atoms with Gasteiger partial charge in [-0.1, -0.05) is 0 Å². The van der Waals surface area contributed by atoms with Gasteiger partial charge in [0.1, 0.15) is 4.90 Å². The molecule has 11 heteroatoms. The van der Waals surface area contributed by atoms with Crippen molar-refractivity contribution in [2.45, 2.75) is 43.5 Å². The fraction of sp³-hybridized carbons (Fsp3) is 0.280. The van der Waals surface area contributed by atoms with Gasteiger partial charge < -0.3 is 9.72 Å². The van der Waals surface area contributed by atoms with Crippen LogP contribution in [-0.2, 0) is 29.4 Å². The van der Waals surface area contributed by atoms with Crippen molar-refractivity contribution in [1.82, 2.24) is 23.9 Å². The van der Waals surface area contributed by atoms with Gasteiger partial charge in [-0.25, -0.2) is 22.9 Å². The zero-order valence-corrected chi connectivity index (χ0v) is 20.1. The number of hydrogen-bond acceptors (Lipinski definition) is 6. The van der Waals surface area contributed by atoms with Crippen LogP contribution in [0.3, 0.4) is 0 Å². The number of anilines is 1. The largest absolute Gasteiger partial charge is 0.333 e. The highest BCUT2D eigenvalue weighted by molar-refractivity contribution is 7.90. The summed E-state index contributed by atoms with van der Waals surface area (Å²) >= 11 is 0. The number of pyridine rings is 1. The van der Waals surface area contributed by atoms with Crippen molar-refractivity contribution in [3.05, 3.63) is 66.0 Å². The lowest BCUT2D eigenvalue weighted by atomic mass is 9.93. The monoisotopic (exact) mass is 501 g/mol. The molecule has 2 amide bonds. The summed E-state index contributed by atoms with van der Waals surface area (Å²) in [5.74, 6) is 0.534. The average Bonchev–Trinajstić information content (AvgIpc) is 3.22. The first-order valence-corrected chi connectivity index (χ1v) is 13.3. The molecule has 0 bridgehead atoms. The number of nitriles is 1. The molecule has 3 heterocycles. The first-order valence-electron chi connectivity index (χ1n) is 11.8. The summed E-state index contributed by atoms with van der Waals surface area (Å²) in [6, 6.07) is 6.97. The highest BCUT2D eigenvalue weighted by atomic mass is 32.2. The second kappa shape index (κ2) is 8.49. The van der Waals surface area contributed by atoms with E-state index >= 15 is 0 Å². The molecule has 1 fully saturated rings. The van der Waals surface area contributed by atoms with Gasteiger partial charge in [-0.05, 0) is 72.9 Å². The molecule has 3 aromatic heterocycles. The Hall–Kier alpha value is -4.17. The fourth-order valence-electron chi connectivity index (χ4n) is 4.81. The molecule has 6 rings (SSSR count). The minimum Gasteiger partial charge on any atom is -0.306 e. The van der Waals surface area contributed by atoms with Crippen LogP contribution in [0.2, 0.25) is 0 Å². The van der Waals surface area contributed by atoms with E-state index in [2.05, 4.69) is 26.2 Å². The van der Waals surface area contributed by atoms with Crippen molar-refractivity contribution in [2.75, 3.05) is 5.32 Å².